The number of hydrogen-bond donors (Lipinski definition) is 0. The van der Waals surface area contributed by atoms with Crippen LogP contribution in [0.2, 0.25) is 0 Å². The summed E-state index contributed by atoms with van der Waals surface area (Å²) in [5, 5.41) is 27.6. The van der Waals surface area contributed by atoms with E-state index in [-0.39, 0.29) is 0 Å². The molecule has 4 nitrogen and oxygen atoms in total. The lowest BCUT2D eigenvalue weighted by Gasteiger charge is -2.30. The molecule has 0 fully saturated rings. The average Bonchev–Trinajstić information content (AvgIpc) is 0.711. The second kappa shape index (κ2) is 27.5. The van der Waals surface area contributed by atoms with Crippen molar-refractivity contribution >= 4 is 187 Å². The Balaban J connectivity index is 0.000000139. The van der Waals surface area contributed by atoms with Gasteiger partial charge in [0.2, 0.25) is 0 Å². The van der Waals surface area contributed by atoms with Crippen molar-refractivity contribution in [2.24, 2.45) is 0 Å². The quantitative estimate of drug-likeness (QED) is 0.0795. The van der Waals surface area contributed by atoms with Gasteiger partial charge >= 0.3 is 0 Å². The summed E-state index contributed by atoms with van der Waals surface area (Å²) in [6.45, 7) is 0. The highest BCUT2D eigenvalue weighted by molar-refractivity contribution is 6.35. The minimum absolute atomic E-state index is 1.11. The molecule has 4 heteroatoms. The number of hydrogen-bond acceptors (Lipinski definition) is 4. The lowest BCUT2D eigenvalue weighted by atomic mass is 9.85. The SMILES string of the molecule is c1ccc(N(c2ccccc2)c2ccc3ccc4c(N(c5ccccc5)c5ccccc5)cc(-c5c6ccccc6cc6ccccc56)c5ccc2c3c54)cc1.c1ccc(N(c2ccccc2)c2ccc3ccc4c(N(c5ccccc5)c5ccccc5)cc(-c5ccc6ccc7cccc8ccc5c6c78)c5ccc2c3c54)cc1. The van der Waals surface area contributed by atoms with Crippen LogP contribution in [0.4, 0.5) is 68.2 Å². The monoisotopic (exact) mass is 1450 g/mol. The Labute approximate surface area is 661 Å². The van der Waals surface area contributed by atoms with E-state index in [2.05, 4.69) is 456 Å². The Hall–Kier alpha value is -15.1. The van der Waals surface area contributed by atoms with Gasteiger partial charge in [0.05, 0.1) is 22.7 Å². The second-order valence-electron chi connectivity index (χ2n) is 29.7. The first-order valence-electron chi connectivity index (χ1n) is 39.3. The van der Waals surface area contributed by atoms with Crippen LogP contribution in [0.15, 0.2) is 437 Å². The van der Waals surface area contributed by atoms with Crippen molar-refractivity contribution in [3.8, 4) is 22.3 Å². The van der Waals surface area contributed by atoms with Gasteiger partial charge < -0.3 is 19.6 Å². The van der Waals surface area contributed by atoms with Gasteiger partial charge in [-0.05, 0) is 236 Å². The van der Waals surface area contributed by atoms with Gasteiger partial charge in [0.25, 0.3) is 0 Å². The summed E-state index contributed by atoms with van der Waals surface area (Å²) < 4.78 is 0. The van der Waals surface area contributed by atoms with Gasteiger partial charge in [0.1, 0.15) is 0 Å². The van der Waals surface area contributed by atoms with Crippen molar-refractivity contribution in [2.75, 3.05) is 19.6 Å². The molecule has 0 aliphatic rings. The van der Waals surface area contributed by atoms with Gasteiger partial charge in [0, 0.05) is 77.8 Å². The summed E-state index contributed by atoms with van der Waals surface area (Å²) >= 11 is 0. The van der Waals surface area contributed by atoms with Crippen LogP contribution in [0.25, 0.3) is 141 Å². The first kappa shape index (κ1) is 65.9. The molecule has 0 unspecified atom stereocenters. The fourth-order valence-electron chi connectivity index (χ4n) is 18.5. The maximum Gasteiger partial charge on any atom is 0.0546 e. The number of benzene rings is 23. The molecular formula is C110H72N4. The molecule has 23 aromatic rings. The summed E-state index contributed by atoms with van der Waals surface area (Å²) in [6, 6.07) is 160. The van der Waals surface area contributed by atoms with Gasteiger partial charge in [-0.1, -0.05) is 309 Å². The van der Waals surface area contributed by atoms with E-state index in [9.17, 15) is 0 Å². The van der Waals surface area contributed by atoms with Crippen molar-refractivity contribution < 1.29 is 0 Å². The molecule has 114 heavy (non-hydrogen) atoms. The van der Waals surface area contributed by atoms with Gasteiger partial charge in [-0.25, -0.2) is 0 Å². The van der Waals surface area contributed by atoms with Crippen LogP contribution in [0.3, 0.4) is 0 Å². The molecule has 23 aromatic carbocycles. The molecule has 23 rings (SSSR count). The van der Waals surface area contributed by atoms with Crippen molar-refractivity contribution in [1.82, 2.24) is 0 Å². The maximum absolute atomic E-state index is 2.46. The highest BCUT2D eigenvalue weighted by Crippen LogP contribution is 2.55. The minimum Gasteiger partial charge on any atom is -0.310 e. The van der Waals surface area contributed by atoms with Crippen LogP contribution in [-0.2, 0) is 0 Å². The number of anilines is 12. The average molecular weight is 1450 g/mol. The number of nitrogens with zero attached hydrogens (tertiary/aromatic N) is 4. The van der Waals surface area contributed by atoms with E-state index in [1.54, 1.807) is 0 Å². The molecule has 0 saturated heterocycles. The summed E-state index contributed by atoms with van der Waals surface area (Å²) in [6.07, 6.45) is 0. The third-order valence-corrected chi connectivity index (χ3v) is 23.4. The number of fused-ring (bicyclic) bond motifs is 2. The van der Waals surface area contributed by atoms with E-state index in [1.165, 1.54) is 141 Å². The third-order valence-electron chi connectivity index (χ3n) is 23.4. The third kappa shape index (κ3) is 10.9. The summed E-state index contributed by atoms with van der Waals surface area (Å²) in [5.41, 5.74) is 18.5. The highest BCUT2D eigenvalue weighted by Gasteiger charge is 2.29. The van der Waals surface area contributed by atoms with Gasteiger partial charge in [-0.2, -0.15) is 0 Å². The van der Waals surface area contributed by atoms with Crippen LogP contribution in [0.5, 0.6) is 0 Å². The highest BCUT2D eigenvalue weighted by atomic mass is 15.2. The topological polar surface area (TPSA) is 13.0 Å². The second-order valence-corrected chi connectivity index (χ2v) is 29.7. The molecule has 0 amide bonds. The van der Waals surface area contributed by atoms with Crippen LogP contribution >= 0.6 is 0 Å². The van der Waals surface area contributed by atoms with Crippen LogP contribution in [0.1, 0.15) is 0 Å². The van der Waals surface area contributed by atoms with Gasteiger partial charge in [0.15, 0.2) is 0 Å². The minimum atomic E-state index is 1.11. The van der Waals surface area contributed by atoms with Crippen molar-refractivity contribution in [2.45, 2.75) is 0 Å². The molecule has 0 bridgehead atoms. The van der Waals surface area contributed by atoms with E-state index in [0.29, 0.717) is 0 Å². The molecule has 0 spiro atoms. The van der Waals surface area contributed by atoms with Gasteiger partial charge in [-0.15, -0.1) is 0 Å². The van der Waals surface area contributed by atoms with E-state index in [1.807, 2.05) is 0 Å². The fourth-order valence-corrected chi connectivity index (χ4v) is 18.5. The molecule has 532 valence electrons. The van der Waals surface area contributed by atoms with Gasteiger partial charge in [-0.3, -0.25) is 0 Å². The summed E-state index contributed by atoms with van der Waals surface area (Å²) in [7, 11) is 0. The lowest BCUT2D eigenvalue weighted by Crippen LogP contribution is -2.11. The summed E-state index contributed by atoms with van der Waals surface area (Å²) in [4.78, 5) is 9.66. The zero-order chi connectivity index (χ0) is 75.2. The van der Waals surface area contributed by atoms with E-state index in [0.717, 1.165) is 68.2 Å². The van der Waals surface area contributed by atoms with Crippen LogP contribution < -0.4 is 19.6 Å². The van der Waals surface area contributed by atoms with E-state index in [4.69, 9.17) is 0 Å². The molecule has 0 aliphatic carbocycles. The molecular weight excluding hydrogens is 1380 g/mol. The zero-order valence-electron chi connectivity index (χ0n) is 62.4. The fraction of sp³-hybridized carbons (Fsp3) is 0. The van der Waals surface area contributed by atoms with Crippen LogP contribution in [0, 0.1) is 0 Å². The Morgan fingerprint density at radius 1 is 0.123 bits per heavy atom. The predicted octanol–water partition coefficient (Wildman–Crippen LogP) is 31.6. The molecule has 0 aromatic heterocycles. The van der Waals surface area contributed by atoms with Crippen molar-refractivity contribution in [3.05, 3.63) is 437 Å². The van der Waals surface area contributed by atoms with Crippen molar-refractivity contribution in [1.29, 1.82) is 0 Å². The van der Waals surface area contributed by atoms with Crippen molar-refractivity contribution in [3.63, 3.8) is 0 Å². The van der Waals surface area contributed by atoms with E-state index >= 15 is 0 Å². The smallest absolute Gasteiger partial charge is 0.0546 e. The zero-order valence-corrected chi connectivity index (χ0v) is 62.4. The molecule has 0 N–H and O–H groups in total. The Bertz CT molecular complexity index is 7280. The normalized spacial score (nSPS) is 11.7. The molecule has 0 saturated carbocycles. The first-order valence-corrected chi connectivity index (χ1v) is 39.3. The largest absolute Gasteiger partial charge is 0.310 e. The van der Waals surface area contributed by atoms with E-state index < -0.39 is 0 Å². The Kier molecular flexibility index (Phi) is 15.9. The predicted molar refractivity (Wildman–Crippen MR) is 489 cm³/mol. The van der Waals surface area contributed by atoms with Crippen LogP contribution in [-0.4, -0.2) is 0 Å². The maximum atomic E-state index is 2.46. The molecule has 0 heterocycles. The molecule has 0 atom stereocenters. The standard InChI is InChI=1S/C56H36N2.C54H36N2/c1-5-16-41(17-6-1)57(42-18-7-2-8-19-42)51-35-29-40-28-32-49-52(58(43-20-9-3-10-21-43)44-22-11-4-12-23-44)36-50(47-33-34-48(51)55(40)56(47)49)45-30-26-39-25-24-37-14-13-15-38-27-31-46(45)54(39)53(37)38;1-5-19-40(20-6-1)55(41-21-7-2-8-22-41)50-34-30-37-29-31-48-51(56(42-23-9-3-10-24-42)43-25-11-4-12-26-43)36-49(46-32-33-47(50)52(37)54(46)48)53-44-27-15-13-17-38(44)35-39-18-14-16-28-45(39)53/h1-36H;1-36H. The lowest BCUT2D eigenvalue weighted by molar-refractivity contribution is 1.30. The number of rotatable bonds is 14. The number of para-hydroxylation sites is 8. The Morgan fingerprint density at radius 2 is 0.368 bits per heavy atom. The summed E-state index contributed by atoms with van der Waals surface area (Å²) in [5.74, 6) is 0. The first-order chi connectivity index (χ1) is 56.6. The Morgan fingerprint density at radius 3 is 0.754 bits per heavy atom. The molecule has 0 aliphatic heterocycles. The molecule has 0 radical (unpaired) electrons.